The van der Waals surface area contributed by atoms with Gasteiger partial charge in [0, 0.05) is 31.9 Å². The summed E-state index contributed by atoms with van der Waals surface area (Å²) in [4.78, 5) is 6.70. The SMILES string of the molecule is N#Cc1cccnc1N[C@@H]1CCN(Cc2ccccc2)C1. The fraction of sp³-hybridized carbons (Fsp3) is 0.294. The molecule has 1 atom stereocenters. The molecule has 1 aromatic heterocycles. The van der Waals surface area contributed by atoms with Gasteiger partial charge in [-0.15, -0.1) is 0 Å². The van der Waals surface area contributed by atoms with E-state index in [4.69, 9.17) is 5.26 Å². The predicted molar refractivity (Wildman–Crippen MR) is 82.7 cm³/mol. The Morgan fingerprint density at radius 3 is 2.90 bits per heavy atom. The maximum Gasteiger partial charge on any atom is 0.144 e. The number of likely N-dealkylation sites (tertiary alicyclic amines) is 1. The van der Waals surface area contributed by atoms with Crippen LogP contribution in [0, 0.1) is 11.3 Å². The average molecular weight is 278 g/mol. The predicted octanol–water partition coefficient (Wildman–Crippen LogP) is 2.64. The molecule has 1 aliphatic heterocycles. The van der Waals surface area contributed by atoms with Crippen molar-refractivity contribution >= 4 is 5.82 Å². The van der Waals surface area contributed by atoms with Crippen molar-refractivity contribution in [2.24, 2.45) is 0 Å². The van der Waals surface area contributed by atoms with Gasteiger partial charge in [-0.3, -0.25) is 4.90 Å². The molecule has 0 radical (unpaired) electrons. The average Bonchev–Trinajstić information content (AvgIpc) is 2.96. The van der Waals surface area contributed by atoms with Crippen molar-refractivity contribution in [1.29, 1.82) is 5.26 Å². The number of nitrogens with one attached hydrogen (secondary N) is 1. The number of nitriles is 1. The maximum atomic E-state index is 9.10. The molecule has 1 fully saturated rings. The topological polar surface area (TPSA) is 52.0 Å². The Bertz CT molecular complexity index is 633. The molecule has 3 rings (SSSR count). The highest BCUT2D eigenvalue weighted by Gasteiger charge is 2.23. The van der Waals surface area contributed by atoms with E-state index in [0.29, 0.717) is 17.4 Å². The van der Waals surface area contributed by atoms with Crippen LogP contribution in [0.3, 0.4) is 0 Å². The van der Waals surface area contributed by atoms with Gasteiger partial charge in [-0.1, -0.05) is 30.3 Å². The Morgan fingerprint density at radius 1 is 1.24 bits per heavy atom. The number of anilines is 1. The molecule has 1 aliphatic rings. The number of rotatable bonds is 4. The van der Waals surface area contributed by atoms with Gasteiger partial charge in [-0.05, 0) is 24.1 Å². The van der Waals surface area contributed by atoms with Crippen LogP contribution in [0.4, 0.5) is 5.82 Å². The number of aromatic nitrogens is 1. The van der Waals surface area contributed by atoms with Crippen molar-refractivity contribution in [1.82, 2.24) is 9.88 Å². The molecule has 106 valence electrons. The highest BCUT2D eigenvalue weighted by molar-refractivity contribution is 5.51. The Kier molecular flexibility index (Phi) is 4.13. The molecule has 2 heterocycles. The molecule has 0 saturated carbocycles. The summed E-state index contributed by atoms with van der Waals surface area (Å²) in [5.74, 6) is 0.701. The lowest BCUT2D eigenvalue weighted by molar-refractivity contribution is 0.328. The van der Waals surface area contributed by atoms with Crippen molar-refractivity contribution in [3.63, 3.8) is 0 Å². The van der Waals surface area contributed by atoms with Crippen molar-refractivity contribution < 1.29 is 0 Å². The molecular formula is C17H18N4. The summed E-state index contributed by atoms with van der Waals surface area (Å²) in [6.07, 6.45) is 2.80. The lowest BCUT2D eigenvalue weighted by Crippen LogP contribution is -2.26. The molecule has 4 nitrogen and oxygen atoms in total. The smallest absolute Gasteiger partial charge is 0.144 e. The minimum Gasteiger partial charge on any atom is -0.365 e. The van der Waals surface area contributed by atoms with Crippen LogP contribution in [0.1, 0.15) is 17.5 Å². The molecule has 1 N–H and O–H groups in total. The van der Waals surface area contributed by atoms with Crippen LogP contribution in [-0.4, -0.2) is 29.0 Å². The van der Waals surface area contributed by atoms with Crippen LogP contribution in [0.15, 0.2) is 48.7 Å². The molecule has 0 bridgehead atoms. The van der Waals surface area contributed by atoms with Gasteiger partial charge in [-0.2, -0.15) is 5.26 Å². The van der Waals surface area contributed by atoms with E-state index in [-0.39, 0.29) is 0 Å². The molecule has 0 unspecified atom stereocenters. The van der Waals surface area contributed by atoms with Gasteiger partial charge < -0.3 is 5.32 Å². The van der Waals surface area contributed by atoms with Gasteiger partial charge in [0.05, 0.1) is 5.56 Å². The zero-order valence-corrected chi connectivity index (χ0v) is 11.9. The van der Waals surface area contributed by atoms with Crippen LogP contribution in [0.2, 0.25) is 0 Å². The molecule has 0 amide bonds. The Hall–Kier alpha value is -2.38. The first-order valence-corrected chi connectivity index (χ1v) is 7.23. The van der Waals surface area contributed by atoms with E-state index in [1.165, 1.54) is 5.56 Å². The molecule has 4 heteroatoms. The third kappa shape index (κ3) is 3.39. The standard InChI is InChI=1S/C17H18N4/c18-11-15-7-4-9-19-17(15)20-16-8-10-21(13-16)12-14-5-2-1-3-6-14/h1-7,9,16H,8,10,12-13H2,(H,19,20)/t16-/m1/s1. The van der Waals surface area contributed by atoms with E-state index < -0.39 is 0 Å². The van der Waals surface area contributed by atoms with Gasteiger partial charge >= 0.3 is 0 Å². The van der Waals surface area contributed by atoms with E-state index in [1.807, 2.05) is 6.07 Å². The van der Waals surface area contributed by atoms with Crippen LogP contribution >= 0.6 is 0 Å². The van der Waals surface area contributed by atoms with Gasteiger partial charge in [-0.25, -0.2) is 4.98 Å². The van der Waals surface area contributed by atoms with E-state index in [1.54, 1.807) is 18.3 Å². The fourth-order valence-electron chi connectivity index (χ4n) is 2.74. The molecule has 1 aromatic carbocycles. The van der Waals surface area contributed by atoms with Gasteiger partial charge in [0.15, 0.2) is 0 Å². The lowest BCUT2D eigenvalue weighted by Gasteiger charge is -2.17. The summed E-state index contributed by atoms with van der Waals surface area (Å²) in [6.45, 7) is 3.03. The number of benzene rings is 1. The van der Waals surface area contributed by atoms with Crippen molar-refractivity contribution in [3.8, 4) is 6.07 Å². The lowest BCUT2D eigenvalue weighted by atomic mass is 10.2. The molecule has 0 spiro atoms. The second-order valence-electron chi connectivity index (χ2n) is 5.36. The fourth-order valence-corrected chi connectivity index (χ4v) is 2.74. The first-order chi connectivity index (χ1) is 10.3. The zero-order valence-electron chi connectivity index (χ0n) is 11.9. The van der Waals surface area contributed by atoms with Crippen molar-refractivity contribution in [3.05, 3.63) is 59.8 Å². The Morgan fingerprint density at radius 2 is 2.10 bits per heavy atom. The van der Waals surface area contributed by atoms with Crippen molar-refractivity contribution in [2.75, 3.05) is 18.4 Å². The third-order valence-electron chi connectivity index (χ3n) is 3.79. The second kappa shape index (κ2) is 6.38. The largest absolute Gasteiger partial charge is 0.365 e. The normalized spacial score (nSPS) is 18.3. The first kappa shape index (κ1) is 13.6. The first-order valence-electron chi connectivity index (χ1n) is 7.23. The number of pyridine rings is 1. The van der Waals surface area contributed by atoms with Gasteiger partial charge in [0.25, 0.3) is 0 Å². The van der Waals surface area contributed by atoms with E-state index >= 15 is 0 Å². The molecule has 0 aliphatic carbocycles. The van der Waals surface area contributed by atoms with E-state index in [2.05, 4.69) is 45.5 Å². The molecule has 1 saturated heterocycles. The summed E-state index contributed by atoms with van der Waals surface area (Å²) < 4.78 is 0. The Labute approximate surface area is 125 Å². The molecular weight excluding hydrogens is 260 g/mol. The summed E-state index contributed by atoms with van der Waals surface area (Å²) in [5, 5.41) is 12.5. The van der Waals surface area contributed by atoms with Gasteiger partial charge in [0.1, 0.15) is 11.9 Å². The zero-order chi connectivity index (χ0) is 14.5. The van der Waals surface area contributed by atoms with Crippen LogP contribution < -0.4 is 5.32 Å². The second-order valence-corrected chi connectivity index (χ2v) is 5.36. The summed E-state index contributed by atoms with van der Waals surface area (Å²) in [5.41, 5.74) is 1.95. The monoisotopic (exact) mass is 278 g/mol. The van der Waals surface area contributed by atoms with Crippen molar-refractivity contribution in [2.45, 2.75) is 19.0 Å². The highest BCUT2D eigenvalue weighted by Crippen LogP contribution is 2.18. The number of hydrogen-bond donors (Lipinski definition) is 1. The van der Waals surface area contributed by atoms with Crippen LogP contribution in [0.5, 0.6) is 0 Å². The van der Waals surface area contributed by atoms with E-state index in [0.717, 1.165) is 26.1 Å². The summed E-state index contributed by atoms with van der Waals surface area (Å²) >= 11 is 0. The summed E-state index contributed by atoms with van der Waals surface area (Å²) in [6, 6.07) is 16.6. The van der Waals surface area contributed by atoms with Crippen LogP contribution in [0.25, 0.3) is 0 Å². The van der Waals surface area contributed by atoms with Gasteiger partial charge in [0.2, 0.25) is 0 Å². The summed E-state index contributed by atoms with van der Waals surface area (Å²) in [7, 11) is 0. The third-order valence-corrected chi connectivity index (χ3v) is 3.79. The minimum absolute atomic E-state index is 0.357. The number of nitrogens with zero attached hydrogens (tertiary/aromatic N) is 3. The van der Waals surface area contributed by atoms with E-state index in [9.17, 15) is 0 Å². The minimum atomic E-state index is 0.357. The quantitative estimate of drug-likeness (QED) is 0.934. The number of hydrogen-bond acceptors (Lipinski definition) is 4. The molecule has 2 aromatic rings. The Balaban J connectivity index is 1.59. The highest BCUT2D eigenvalue weighted by atomic mass is 15.2. The molecule has 21 heavy (non-hydrogen) atoms. The maximum absolute atomic E-state index is 9.10. The van der Waals surface area contributed by atoms with Crippen LogP contribution in [-0.2, 0) is 6.54 Å².